The summed E-state index contributed by atoms with van der Waals surface area (Å²) in [5.41, 5.74) is 9.85. The third-order valence-corrected chi connectivity index (χ3v) is 6.21. The van der Waals surface area contributed by atoms with Crippen molar-refractivity contribution in [2.75, 3.05) is 12.8 Å². The average molecular weight is 468 g/mol. The molecule has 4 N–H and O–H groups in total. The van der Waals surface area contributed by atoms with Crippen molar-refractivity contribution in [3.63, 3.8) is 0 Å². The molecule has 9 nitrogen and oxygen atoms in total. The molecule has 0 unspecified atom stereocenters. The molecular formula is C21H18ClN7O2S. The van der Waals surface area contributed by atoms with Crippen molar-refractivity contribution in [3.05, 3.63) is 63.5 Å². The number of carbonyl (C=O) groups is 1. The maximum Gasteiger partial charge on any atom is 0.265 e. The summed E-state index contributed by atoms with van der Waals surface area (Å²) < 4.78 is 7.12. The Hall–Kier alpha value is -3.63. The lowest BCUT2D eigenvalue weighted by Crippen LogP contribution is -2.22. The van der Waals surface area contributed by atoms with Gasteiger partial charge < -0.3 is 25.3 Å². The topological polar surface area (TPSA) is 124 Å². The summed E-state index contributed by atoms with van der Waals surface area (Å²) in [6.45, 7) is 0.826. The Morgan fingerprint density at radius 1 is 1.31 bits per heavy atom. The molecular weight excluding hydrogens is 450 g/mol. The lowest BCUT2D eigenvalue weighted by molar-refractivity contribution is 0.0952. The van der Waals surface area contributed by atoms with Gasteiger partial charge in [0, 0.05) is 16.1 Å². The van der Waals surface area contributed by atoms with E-state index in [1.165, 1.54) is 17.7 Å². The van der Waals surface area contributed by atoms with E-state index in [9.17, 15) is 4.79 Å². The van der Waals surface area contributed by atoms with E-state index in [-0.39, 0.29) is 5.91 Å². The highest BCUT2D eigenvalue weighted by Crippen LogP contribution is 2.27. The number of methoxy groups -OCH3 is 1. The van der Waals surface area contributed by atoms with Gasteiger partial charge in [0.2, 0.25) is 0 Å². The molecule has 0 aliphatic carbocycles. The minimum Gasteiger partial charge on any atom is -0.495 e. The van der Waals surface area contributed by atoms with Crippen molar-refractivity contribution in [2.24, 2.45) is 0 Å². The van der Waals surface area contributed by atoms with Gasteiger partial charge in [-0.25, -0.2) is 15.0 Å². The Kier molecular flexibility index (Phi) is 5.16. The largest absolute Gasteiger partial charge is 0.495 e. The minimum absolute atomic E-state index is 0.184. The van der Waals surface area contributed by atoms with Gasteiger partial charge in [-0.1, -0.05) is 11.6 Å². The van der Waals surface area contributed by atoms with Gasteiger partial charge in [-0.3, -0.25) is 4.79 Å². The Labute approximate surface area is 191 Å². The Morgan fingerprint density at radius 3 is 3.03 bits per heavy atom. The molecule has 4 aromatic heterocycles. The van der Waals surface area contributed by atoms with E-state index in [2.05, 4.69) is 25.3 Å². The smallest absolute Gasteiger partial charge is 0.265 e. The molecule has 0 atom stereocenters. The highest BCUT2D eigenvalue weighted by molar-refractivity contribution is 7.12. The quantitative estimate of drug-likeness (QED) is 0.350. The number of carbonyl (C=O) groups excluding carboxylic acids is 1. The number of hydrogen-bond donors (Lipinski definition) is 3. The van der Waals surface area contributed by atoms with Crippen molar-refractivity contribution < 1.29 is 9.53 Å². The van der Waals surface area contributed by atoms with E-state index in [0.29, 0.717) is 45.7 Å². The first-order valence-corrected chi connectivity index (χ1v) is 10.9. The molecule has 5 rings (SSSR count). The number of nitrogens with one attached hydrogen (secondary N) is 2. The predicted molar refractivity (Wildman–Crippen MR) is 124 cm³/mol. The van der Waals surface area contributed by atoms with Crippen LogP contribution in [0.5, 0.6) is 5.75 Å². The number of nitrogens with two attached hydrogens (primary N) is 1. The lowest BCUT2D eigenvalue weighted by Gasteiger charge is -2.07. The van der Waals surface area contributed by atoms with Crippen molar-refractivity contribution in [2.45, 2.75) is 13.1 Å². The normalized spacial score (nSPS) is 11.3. The second kappa shape index (κ2) is 8.13. The molecule has 5 aromatic rings. The van der Waals surface area contributed by atoms with Crippen LogP contribution in [0.15, 0.2) is 42.3 Å². The number of aromatic nitrogens is 5. The van der Waals surface area contributed by atoms with Gasteiger partial charge >= 0.3 is 0 Å². The zero-order valence-corrected chi connectivity index (χ0v) is 18.5. The van der Waals surface area contributed by atoms with E-state index < -0.39 is 0 Å². The van der Waals surface area contributed by atoms with Crippen LogP contribution in [0.1, 0.15) is 20.9 Å². The SMILES string of the molecule is COc1ccsc1C(=O)NCc1cc2cc(Cl)cc(Cn3cnc4c(N)ncnc43)c2[nH]1. The summed E-state index contributed by atoms with van der Waals surface area (Å²) in [5, 5.41) is 6.31. The number of nitrogens with zero attached hydrogens (tertiary/aromatic N) is 4. The molecule has 11 heteroatoms. The molecule has 4 heterocycles. The van der Waals surface area contributed by atoms with Crippen molar-refractivity contribution in [3.8, 4) is 5.75 Å². The van der Waals surface area contributed by atoms with E-state index in [0.717, 1.165) is 22.2 Å². The Morgan fingerprint density at radius 2 is 2.19 bits per heavy atom. The summed E-state index contributed by atoms with van der Waals surface area (Å²) in [6.07, 6.45) is 3.10. The molecule has 0 aliphatic rings. The number of halogens is 1. The Bertz CT molecular complexity index is 1460. The summed E-state index contributed by atoms with van der Waals surface area (Å²) >= 11 is 7.72. The molecule has 0 aliphatic heterocycles. The lowest BCUT2D eigenvalue weighted by atomic mass is 10.1. The van der Waals surface area contributed by atoms with Gasteiger partial charge in [-0.05, 0) is 35.2 Å². The van der Waals surface area contributed by atoms with Gasteiger partial charge in [0.25, 0.3) is 5.91 Å². The van der Waals surface area contributed by atoms with Gasteiger partial charge in [-0.2, -0.15) is 0 Å². The fraction of sp³-hybridized carbons (Fsp3) is 0.143. The first-order valence-electron chi connectivity index (χ1n) is 9.64. The summed E-state index contributed by atoms with van der Waals surface area (Å²) in [4.78, 5) is 29.1. The van der Waals surface area contributed by atoms with Crippen molar-refractivity contribution in [1.29, 1.82) is 0 Å². The number of imidazole rings is 1. The second-order valence-electron chi connectivity index (χ2n) is 7.13. The molecule has 1 aromatic carbocycles. The third-order valence-electron chi connectivity index (χ3n) is 5.10. The number of hydrogen-bond acceptors (Lipinski definition) is 7. The molecule has 0 spiro atoms. The fourth-order valence-corrected chi connectivity index (χ4v) is 4.66. The molecule has 0 saturated carbocycles. The number of rotatable bonds is 6. The molecule has 162 valence electrons. The molecule has 0 radical (unpaired) electrons. The van der Waals surface area contributed by atoms with Crippen LogP contribution >= 0.6 is 22.9 Å². The fourth-order valence-electron chi connectivity index (χ4n) is 3.63. The Balaban J connectivity index is 1.42. The van der Waals surface area contributed by atoms with E-state index in [1.807, 2.05) is 28.1 Å². The average Bonchev–Trinajstić information content (AvgIpc) is 3.50. The van der Waals surface area contributed by atoms with Crippen LogP contribution in [-0.2, 0) is 13.1 Å². The van der Waals surface area contributed by atoms with Crippen LogP contribution in [0.2, 0.25) is 5.02 Å². The number of nitrogen functional groups attached to an aromatic ring is 1. The number of fused-ring (bicyclic) bond motifs is 2. The number of anilines is 1. The highest BCUT2D eigenvalue weighted by Gasteiger charge is 2.15. The second-order valence-corrected chi connectivity index (χ2v) is 8.48. The zero-order valence-electron chi connectivity index (χ0n) is 16.9. The molecule has 0 saturated heterocycles. The van der Waals surface area contributed by atoms with Crippen LogP contribution < -0.4 is 15.8 Å². The van der Waals surface area contributed by atoms with Gasteiger partial charge in [0.1, 0.15) is 22.5 Å². The number of H-pyrrole nitrogens is 1. The molecule has 1 amide bonds. The maximum absolute atomic E-state index is 12.5. The molecule has 0 fully saturated rings. The van der Waals surface area contributed by atoms with Crippen LogP contribution in [0, 0.1) is 0 Å². The van der Waals surface area contributed by atoms with Crippen molar-refractivity contribution >= 4 is 56.7 Å². The van der Waals surface area contributed by atoms with Crippen molar-refractivity contribution in [1.82, 2.24) is 29.8 Å². The summed E-state index contributed by atoms with van der Waals surface area (Å²) in [6, 6.07) is 7.53. The van der Waals surface area contributed by atoms with E-state index in [1.54, 1.807) is 19.5 Å². The number of ether oxygens (including phenoxy) is 1. The van der Waals surface area contributed by atoms with Crippen LogP contribution in [0.3, 0.4) is 0 Å². The zero-order chi connectivity index (χ0) is 22.2. The number of amides is 1. The van der Waals surface area contributed by atoms with Crippen LogP contribution in [0.25, 0.3) is 22.1 Å². The molecule has 0 bridgehead atoms. The first-order chi connectivity index (χ1) is 15.5. The minimum atomic E-state index is -0.184. The highest BCUT2D eigenvalue weighted by atomic mass is 35.5. The van der Waals surface area contributed by atoms with Crippen LogP contribution in [-0.4, -0.2) is 37.5 Å². The van der Waals surface area contributed by atoms with Gasteiger partial charge in [0.15, 0.2) is 11.5 Å². The van der Waals surface area contributed by atoms with Gasteiger partial charge in [-0.15, -0.1) is 11.3 Å². The van der Waals surface area contributed by atoms with Gasteiger partial charge in [0.05, 0.1) is 32.0 Å². The summed E-state index contributed by atoms with van der Waals surface area (Å²) in [5.74, 6) is 0.719. The summed E-state index contributed by atoms with van der Waals surface area (Å²) in [7, 11) is 1.55. The maximum atomic E-state index is 12.5. The predicted octanol–water partition coefficient (Wildman–Crippen LogP) is 3.59. The third kappa shape index (κ3) is 3.63. The standard InChI is InChI=1S/C21H18ClN7O2S/c1-31-15-2-3-32-18(15)21(30)24-7-14-6-11-4-13(22)5-12(16(11)28-14)8-29-10-27-17-19(23)25-9-26-20(17)29/h2-6,9-10,28H,7-8H2,1H3,(H,24,30)(H2,23,25,26). The number of thiophene rings is 1. The van der Waals surface area contributed by atoms with Crippen LogP contribution in [0.4, 0.5) is 5.82 Å². The van der Waals surface area contributed by atoms with E-state index in [4.69, 9.17) is 22.1 Å². The van der Waals surface area contributed by atoms with E-state index >= 15 is 0 Å². The number of aromatic amines is 1. The first kappa shape index (κ1) is 20.3. The monoisotopic (exact) mass is 467 g/mol. The number of benzene rings is 1. The molecule has 32 heavy (non-hydrogen) atoms.